The van der Waals surface area contributed by atoms with Crippen LogP contribution in [0.2, 0.25) is 0 Å². The Labute approximate surface area is 116 Å². The lowest BCUT2D eigenvalue weighted by Gasteiger charge is -2.56. The maximum Gasteiger partial charge on any atom is 0.121 e. The lowest BCUT2D eigenvalue weighted by Crippen LogP contribution is -2.67. The molecule has 3 nitrogen and oxygen atoms in total. The van der Waals surface area contributed by atoms with E-state index < -0.39 is 0 Å². The zero-order valence-electron chi connectivity index (χ0n) is 12.2. The Bertz CT molecular complexity index is 448. The number of ether oxygens (including phenoxy) is 1. The molecule has 3 heteroatoms. The van der Waals surface area contributed by atoms with Crippen molar-refractivity contribution in [3.63, 3.8) is 0 Å². The van der Waals surface area contributed by atoms with Gasteiger partial charge < -0.3 is 9.64 Å². The van der Waals surface area contributed by atoms with Crippen LogP contribution < -0.4 is 4.74 Å². The lowest BCUT2D eigenvalue weighted by molar-refractivity contribution is -0.0732. The van der Waals surface area contributed by atoms with Gasteiger partial charge in [0.05, 0.1) is 7.11 Å². The average molecular weight is 260 g/mol. The van der Waals surface area contributed by atoms with E-state index in [0.717, 1.165) is 24.4 Å². The van der Waals surface area contributed by atoms with Gasteiger partial charge in [-0.2, -0.15) is 0 Å². The molecule has 2 atom stereocenters. The predicted molar refractivity (Wildman–Crippen MR) is 77.6 cm³/mol. The second-order valence-electron chi connectivity index (χ2n) is 5.87. The number of fused-ring (bicyclic) bond motifs is 2. The second-order valence-corrected chi connectivity index (χ2v) is 5.87. The summed E-state index contributed by atoms with van der Waals surface area (Å²) in [6, 6.07) is 8.13. The van der Waals surface area contributed by atoms with Gasteiger partial charge in [0.25, 0.3) is 0 Å². The van der Waals surface area contributed by atoms with Crippen LogP contribution in [0.15, 0.2) is 18.2 Å². The molecule has 0 aliphatic carbocycles. The highest BCUT2D eigenvalue weighted by Gasteiger charge is 2.43. The maximum absolute atomic E-state index is 5.33. The van der Waals surface area contributed by atoms with E-state index in [-0.39, 0.29) is 0 Å². The number of likely N-dealkylation sites (N-methyl/N-ethyl adjacent to an activating group) is 1. The fraction of sp³-hybridized carbons (Fsp3) is 0.625. The molecule has 0 radical (unpaired) electrons. The smallest absolute Gasteiger partial charge is 0.121 e. The largest absolute Gasteiger partial charge is 0.496 e. The van der Waals surface area contributed by atoms with E-state index in [9.17, 15) is 0 Å². The van der Waals surface area contributed by atoms with Crippen molar-refractivity contribution >= 4 is 0 Å². The van der Waals surface area contributed by atoms with Gasteiger partial charge in [0, 0.05) is 31.7 Å². The first-order chi connectivity index (χ1) is 9.21. The first kappa shape index (κ1) is 12.9. The summed E-state index contributed by atoms with van der Waals surface area (Å²) in [5.41, 5.74) is 2.65. The normalized spacial score (nSPS) is 27.1. The molecule has 4 rings (SSSR count). The lowest BCUT2D eigenvalue weighted by atomic mass is 9.86. The van der Waals surface area contributed by atoms with Gasteiger partial charge in [-0.15, -0.1) is 0 Å². The van der Waals surface area contributed by atoms with Crippen molar-refractivity contribution < 1.29 is 4.74 Å². The molecule has 0 amide bonds. The molecule has 19 heavy (non-hydrogen) atoms. The molecule has 1 aromatic rings. The highest BCUT2D eigenvalue weighted by molar-refractivity contribution is 5.36. The van der Waals surface area contributed by atoms with E-state index in [1.165, 1.54) is 37.2 Å². The monoisotopic (exact) mass is 260 g/mol. The van der Waals surface area contributed by atoms with Crippen molar-refractivity contribution in [3.8, 4) is 5.75 Å². The quantitative estimate of drug-likeness (QED) is 0.826. The zero-order valence-corrected chi connectivity index (χ0v) is 12.2. The average Bonchev–Trinajstić information content (AvgIpc) is 2.45. The van der Waals surface area contributed by atoms with Gasteiger partial charge in [0.15, 0.2) is 0 Å². The minimum atomic E-state index is 0.779. The van der Waals surface area contributed by atoms with E-state index in [2.05, 4.69) is 41.8 Å². The molecule has 0 spiro atoms. The summed E-state index contributed by atoms with van der Waals surface area (Å²) in [7, 11) is 1.74. The molecule has 2 unspecified atom stereocenters. The summed E-state index contributed by atoms with van der Waals surface area (Å²) in [6.45, 7) is 9.19. The van der Waals surface area contributed by atoms with Crippen LogP contribution in [0.5, 0.6) is 5.75 Å². The van der Waals surface area contributed by atoms with E-state index in [1.807, 2.05) is 0 Å². The van der Waals surface area contributed by atoms with Crippen LogP contribution in [0.4, 0.5) is 0 Å². The zero-order chi connectivity index (χ0) is 13.4. The second kappa shape index (κ2) is 5.14. The summed E-state index contributed by atoms with van der Waals surface area (Å²) in [5, 5.41) is 0. The number of hydrogen-bond acceptors (Lipinski definition) is 3. The van der Waals surface area contributed by atoms with Crippen LogP contribution in [0, 0.1) is 6.92 Å². The standard InChI is InChI=1S/C16H24N2O/c1-4-17-10-14-8-15(11-17)18(14)9-13-5-6-16(19-3)12(2)7-13/h5-7,14-15H,4,8-11H2,1-3H3. The van der Waals surface area contributed by atoms with E-state index in [1.54, 1.807) is 7.11 Å². The highest BCUT2D eigenvalue weighted by Crippen LogP contribution is 2.34. The molecule has 3 aliphatic heterocycles. The van der Waals surface area contributed by atoms with Crippen molar-refractivity contribution in [2.75, 3.05) is 26.7 Å². The molecule has 2 bridgehead atoms. The molecule has 0 aromatic heterocycles. The molecule has 0 N–H and O–H groups in total. The molecule has 1 aromatic carbocycles. The predicted octanol–water partition coefficient (Wildman–Crippen LogP) is 2.28. The Morgan fingerprint density at radius 2 is 2.00 bits per heavy atom. The van der Waals surface area contributed by atoms with Gasteiger partial charge in [-0.05, 0) is 37.1 Å². The minimum Gasteiger partial charge on any atom is -0.496 e. The van der Waals surface area contributed by atoms with Crippen molar-refractivity contribution in [3.05, 3.63) is 29.3 Å². The Balaban J connectivity index is 1.65. The summed E-state index contributed by atoms with van der Waals surface area (Å²) >= 11 is 0. The number of piperazine rings is 1. The fourth-order valence-corrected chi connectivity index (χ4v) is 3.54. The first-order valence-corrected chi connectivity index (χ1v) is 7.33. The molecular weight excluding hydrogens is 236 g/mol. The van der Waals surface area contributed by atoms with Gasteiger partial charge in [-0.25, -0.2) is 0 Å². The van der Waals surface area contributed by atoms with Gasteiger partial charge in [0.2, 0.25) is 0 Å². The van der Waals surface area contributed by atoms with E-state index in [4.69, 9.17) is 4.74 Å². The Morgan fingerprint density at radius 1 is 1.26 bits per heavy atom. The number of rotatable bonds is 4. The van der Waals surface area contributed by atoms with Crippen molar-refractivity contribution in [1.29, 1.82) is 0 Å². The fourth-order valence-electron chi connectivity index (χ4n) is 3.54. The molecule has 3 fully saturated rings. The Kier molecular flexibility index (Phi) is 3.50. The topological polar surface area (TPSA) is 15.7 Å². The molecule has 0 saturated carbocycles. The third kappa shape index (κ3) is 2.37. The Morgan fingerprint density at radius 3 is 2.58 bits per heavy atom. The first-order valence-electron chi connectivity index (χ1n) is 7.33. The number of benzene rings is 1. The number of methoxy groups -OCH3 is 1. The van der Waals surface area contributed by atoms with Crippen LogP contribution in [-0.2, 0) is 6.54 Å². The van der Waals surface area contributed by atoms with Crippen LogP contribution in [0.3, 0.4) is 0 Å². The molecule has 3 heterocycles. The van der Waals surface area contributed by atoms with Crippen LogP contribution >= 0.6 is 0 Å². The number of aryl methyl sites for hydroxylation is 1. The molecular formula is C16H24N2O. The third-order valence-corrected chi connectivity index (χ3v) is 4.69. The van der Waals surface area contributed by atoms with Gasteiger partial charge in [-0.1, -0.05) is 19.1 Å². The van der Waals surface area contributed by atoms with E-state index in [0.29, 0.717) is 0 Å². The summed E-state index contributed by atoms with van der Waals surface area (Å²) < 4.78 is 5.33. The van der Waals surface area contributed by atoms with E-state index >= 15 is 0 Å². The van der Waals surface area contributed by atoms with Crippen molar-refractivity contribution in [2.45, 2.75) is 38.9 Å². The van der Waals surface area contributed by atoms with Crippen LogP contribution in [0.25, 0.3) is 0 Å². The summed E-state index contributed by atoms with van der Waals surface area (Å²) in [5.74, 6) is 0.990. The Hall–Kier alpha value is -1.06. The maximum atomic E-state index is 5.33. The van der Waals surface area contributed by atoms with Crippen LogP contribution in [0.1, 0.15) is 24.5 Å². The highest BCUT2D eigenvalue weighted by atomic mass is 16.5. The van der Waals surface area contributed by atoms with Crippen molar-refractivity contribution in [2.24, 2.45) is 0 Å². The summed E-state index contributed by atoms with van der Waals surface area (Å²) in [4.78, 5) is 5.25. The molecule has 104 valence electrons. The summed E-state index contributed by atoms with van der Waals surface area (Å²) in [6.07, 6.45) is 1.39. The molecule has 3 saturated heterocycles. The SMILES string of the molecule is CCN1CC2CC(C1)N2Cc1ccc(OC)c(C)c1. The van der Waals surface area contributed by atoms with Gasteiger partial charge in [-0.3, -0.25) is 4.90 Å². The number of nitrogens with zero attached hydrogens (tertiary/aromatic N) is 2. The number of hydrogen-bond donors (Lipinski definition) is 0. The molecule has 3 aliphatic rings. The van der Waals surface area contributed by atoms with Gasteiger partial charge in [0.1, 0.15) is 5.75 Å². The minimum absolute atomic E-state index is 0.779. The van der Waals surface area contributed by atoms with Crippen molar-refractivity contribution in [1.82, 2.24) is 9.80 Å². The van der Waals surface area contributed by atoms with Crippen LogP contribution in [-0.4, -0.2) is 48.6 Å². The van der Waals surface area contributed by atoms with Gasteiger partial charge >= 0.3 is 0 Å². The third-order valence-electron chi connectivity index (χ3n) is 4.69. The number of piperidine rings is 1.